The standard InChI is InChI=1S/C18H21N3O2/c1-14-5-6-15(12-16-4-2-3-7-19-16)13-17(14)20-18(22)21-8-10-23-11-9-21/h2-7,13H,8-12H2,1H3,(H,20,22). The summed E-state index contributed by atoms with van der Waals surface area (Å²) in [5.74, 6) is 0. The van der Waals surface area contributed by atoms with Gasteiger partial charge in [0.25, 0.3) is 0 Å². The molecule has 1 N–H and O–H groups in total. The van der Waals surface area contributed by atoms with Crippen LogP contribution in [-0.4, -0.2) is 42.2 Å². The normalized spacial score (nSPS) is 14.6. The highest BCUT2D eigenvalue weighted by Crippen LogP contribution is 2.19. The number of aryl methyl sites for hydroxylation is 1. The second-order valence-corrected chi connectivity index (χ2v) is 5.68. The number of nitrogens with one attached hydrogen (secondary N) is 1. The Morgan fingerprint density at radius 3 is 2.83 bits per heavy atom. The molecule has 1 fully saturated rings. The summed E-state index contributed by atoms with van der Waals surface area (Å²) in [6.45, 7) is 4.48. The molecule has 1 aromatic heterocycles. The lowest BCUT2D eigenvalue weighted by Crippen LogP contribution is -2.43. The molecule has 0 unspecified atom stereocenters. The third kappa shape index (κ3) is 4.07. The SMILES string of the molecule is Cc1ccc(Cc2ccccn2)cc1NC(=O)N1CCOCC1. The molecular formula is C18H21N3O2. The quantitative estimate of drug-likeness (QED) is 0.948. The maximum absolute atomic E-state index is 12.3. The largest absolute Gasteiger partial charge is 0.378 e. The van der Waals surface area contributed by atoms with Crippen molar-refractivity contribution in [3.8, 4) is 0 Å². The van der Waals surface area contributed by atoms with Crippen LogP contribution in [-0.2, 0) is 11.2 Å². The number of carbonyl (C=O) groups is 1. The zero-order valence-electron chi connectivity index (χ0n) is 13.3. The van der Waals surface area contributed by atoms with Crippen LogP contribution in [0, 0.1) is 6.92 Å². The predicted molar refractivity (Wildman–Crippen MR) is 89.6 cm³/mol. The second-order valence-electron chi connectivity index (χ2n) is 5.68. The van der Waals surface area contributed by atoms with Crippen molar-refractivity contribution >= 4 is 11.7 Å². The molecule has 0 radical (unpaired) electrons. The fourth-order valence-electron chi connectivity index (χ4n) is 2.59. The first-order chi connectivity index (χ1) is 11.2. The topological polar surface area (TPSA) is 54.5 Å². The number of aromatic nitrogens is 1. The van der Waals surface area contributed by atoms with Gasteiger partial charge in [0.05, 0.1) is 13.2 Å². The predicted octanol–water partition coefficient (Wildman–Crippen LogP) is 2.84. The average Bonchev–Trinajstić information content (AvgIpc) is 2.59. The number of amides is 2. The monoisotopic (exact) mass is 311 g/mol. The molecule has 23 heavy (non-hydrogen) atoms. The Morgan fingerprint density at radius 2 is 2.09 bits per heavy atom. The van der Waals surface area contributed by atoms with Crippen LogP contribution in [0.4, 0.5) is 10.5 Å². The van der Waals surface area contributed by atoms with E-state index >= 15 is 0 Å². The van der Waals surface area contributed by atoms with Gasteiger partial charge in [0, 0.05) is 37.1 Å². The zero-order valence-corrected chi connectivity index (χ0v) is 13.3. The van der Waals surface area contributed by atoms with Crippen molar-refractivity contribution in [1.82, 2.24) is 9.88 Å². The molecule has 5 nitrogen and oxygen atoms in total. The molecule has 120 valence electrons. The number of hydrogen-bond acceptors (Lipinski definition) is 3. The van der Waals surface area contributed by atoms with E-state index in [1.807, 2.05) is 37.3 Å². The number of carbonyl (C=O) groups excluding carboxylic acids is 1. The van der Waals surface area contributed by atoms with E-state index in [1.165, 1.54) is 0 Å². The van der Waals surface area contributed by atoms with E-state index in [9.17, 15) is 4.79 Å². The van der Waals surface area contributed by atoms with E-state index in [2.05, 4.69) is 16.4 Å². The minimum atomic E-state index is -0.0635. The first-order valence-corrected chi connectivity index (χ1v) is 7.85. The number of benzene rings is 1. The van der Waals surface area contributed by atoms with Gasteiger partial charge in [-0.05, 0) is 36.2 Å². The first-order valence-electron chi connectivity index (χ1n) is 7.85. The number of ether oxygens (including phenoxy) is 1. The number of pyridine rings is 1. The lowest BCUT2D eigenvalue weighted by Gasteiger charge is -2.27. The number of hydrogen-bond donors (Lipinski definition) is 1. The van der Waals surface area contributed by atoms with Crippen molar-refractivity contribution in [2.45, 2.75) is 13.3 Å². The van der Waals surface area contributed by atoms with E-state index in [1.54, 1.807) is 11.1 Å². The summed E-state index contributed by atoms with van der Waals surface area (Å²) in [6, 6.07) is 12.0. The van der Waals surface area contributed by atoms with Crippen molar-refractivity contribution in [2.75, 3.05) is 31.6 Å². The molecule has 1 aromatic carbocycles. The maximum atomic E-state index is 12.3. The molecule has 2 aromatic rings. The van der Waals surface area contributed by atoms with Gasteiger partial charge in [0.1, 0.15) is 0 Å². The highest BCUT2D eigenvalue weighted by Gasteiger charge is 2.17. The minimum Gasteiger partial charge on any atom is -0.378 e. The van der Waals surface area contributed by atoms with Gasteiger partial charge >= 0.3 is 6.03 Å². The molecule has 1 saturated heterocycles. The molecule has 0 atom stereocenters. The van der Waals surface area contributed by atoms with Gasteiger partial charge in [-0.3, -0.25) is 4.98 Å². The van der Waals surface area contributed by atoms with Crippen molar-refractivity contribution in [2.24, 2.45) is 0 Å². The van der Waals surface area contributed by atoms with Gasteiger partial charge in [0.15, 0.2) is 0 Å². The first kappa shape index (κ1) is 15.5. The van der Waals surface area contributed by atoms with Crippen LogP contribution in [0.25, 0.3) is 0 Å². The van der Waals surface area contributed by atoms with Gasteiger partial charge in [0.2, 0.25) is 0 Å². The summed E-state index contributed by atoms with van der Waals surface area (Å²) < 4.78 is 5.28. The van der Waals surface area contributed by atoms with Crippen LogP contribution >= 0.6 is 0 Å². The Labute approximate surface area is 136 Å². The van der Waals surface area contributed by atoms with E-state index in [0.717, 1.165) is 28.9 Å². The van der Waals surface area contributed by atoms with Crippen LogP contribution in [0.5, 0.6) is 0 Å². The molecule has 0 bridgehead atoms. The molecule has 1 aliphatic rings. The Hall–Kier alpha value is -2.40. The molecule has 1 aliphatic heterocycles. The van der Waals surface area contributed by atoms with Gasteiger partial charge in [-0.1, -0.05) is 18.2 Å². The summed E-state index contributed by atoms with van der Waals surface area (Å²) in [6.07, 6.45) is 2.55. The molecule has 2 amide bonds. The summed E-state index contributed by atoms with van der Waals surface area (Å²) in [5, 5.41) is 3.02. The van der Waals surface area contributed by atoms with E-state index < -0.39 is 0 Å². The summed E-state index contributed by atoms with van der Waals surface area (Å²) >= 11 is 0. The number of nitrogens with zero attached hydrogens (tertiary/aromatic N) is 2. The van der Waals surface area contributed by atoms with Crippen molar-refractivity contribution < 1.29 is 9.53 Å². The van der Waals surface area contributed by atoms with Gasteiger partial charge in [-0.15, -0.1) is 0 Å². The highest BCUT2D eigenvalue weighted by atomic mass is 16.5. The summed E-state index contributed by atoms with van der Waals surface area (Å²) in [5.41, 5.74) is 4.06. The fourth-order valence-corrected chi connectivity index (χ4v) is 2.59. The number of morpholine rings is 1. The number of rotatable bonds is 3. The van der Waals surface area contributed by atoms with Crippen LogP contribution in [0.3, 0.4) is 0 Å². The Bertz CT molecular complexity index is 667. The van der Waals surface area contributed by atoms with E-state index in [0.29, 0.717) is 26.3 Å². The number of anilines is 1. The second kappa shape index (κ2) is 7.24. The smallest absolute Gasteiger partial charge is 0.322 e. The molecule has 0 aliphatic carbocycles. The lowest BCUT2D eigenvalue weighted by molar-refractivity contribution is 0.0564. The van der Waals surface area contributed by atoms with Gasteiger partial charge in [-0.2, -0.15) is 0 Å². The van der Waals surface area contributed by atoms with Crippen molar-refractivity contribution in [3.05, 3.63) is 59.4 Å². The number of urea groups is 1. The zero-order chi connectivity index (χ0) is 16.1. The lowest BCUT2D eigenvalue weighted by atomic mass is 10.1. The molecule has 3 rings (SSSR count). The Balaban J connectivity index is 1.71. The molecule has 0 saturated carbocycles. The average molecular weight is 311 g/mol. The highest BCUT2D eigenvalue weighted by molar-refractivity contribution is 5.90. The van der Waals surface area contributed by atoms with Crippen molar-refractivity contribution in [3.63, 3.8) is 0 Å². The van der Waals surface area contributed by atoms with Crippen molar-refractivity contribution in [1.29, 1.82) is 0 Å². The summed E-state index contributed by atoms with van der Waals surface area (Å²) in [7, 11) is 0. The van der Waals surface area contributed by atoms with Crippen LogP contribution in [0.2, 0.25) is 0 Å². The van der Waals surface area contributed by atoms with E-state index in [-0.39, 0.29) is 6.03 Å². The molecule has 5 heteroatoms. The Kier molecular flexibility index (Phi) is 4.88. The minimum absolute atomic E-state index is 0.0635. The third-order valence-corrected chi connectivity index (χ3v) is 3.95. The Morgan fingerprint density at radius 1 is 1.26 bits per heavy atom. The van der Waals surface area contributed by atoms with E-state index in [4.69, 9.17) is 4.74 Å². The van der Waals surface area contributed by atoms with Gasteiger partial charge in [-0.25, -0.2) is 4.79 Å². The van der Waals surface area contributed by atoms with Crippen LogP contribution in [0.1, 0.15) is 16.8 Å². The van der Waals surface area contributed by atoms with Crippen LogP contribution in [0.15, 0.2) is 42.6 Å². The van der Waals surface area contributed by atoms with Gasteiger partial charge < -0.3 is 15.0 Å². The molecular weight excluding hydrogens is 290 g/mol. The maximum Gasteiger partial charge on any atom is 0.322 e. The summed E-state index contributed by atoms with van der Waals surface area (Å²) in [4.78, 5) is 18.5. The third-order valence-electron chi connectivity index (χ3n) is 3.95. The molecule has 0 spiro atoms. The van der Waals surface area contributed by atoms with Crippen LogP contribution < -0.4 is 5.32 Å². The fraction of sp³-hybridized carbons (Fsp3) is 0.333. The molecule has 2 heterocycles.